The molecule has 0 aliphatic heterocycles. The molecule has 4 rings (SSSR count). The van der Waals surface area contributed by atoms with Gasteiger partial charge in [0.05, 0.1) is 17.7 Å². The van der Waals surface area contributed by atoms with Gasteiger partial charge in [-0.2, -0.15) is 0 Å². The highest BCUT2D eigenvalue weighted by molar-refractivity contribution is 7.92. The molecule has 0 heterocycles. The van der Waals surface area contributed by atoms with Gasteiger partial charge in [-0.05, 0) is 56.0 Å². The van der Waals surface area contributed by atoms with Gasteiger partial charge >= 0.3 is 0 Å². The van der Waals surface area contributed by atoms with Crippen molar-refractivity contribution < 1.29 is 22.7 Å². The van der Waals surface area contributed by atoms with Gasteiger partial charge in [-0.1, -0.05) is 73.9 Å². The van der Waals surface area contributed by atoms with E-state index in [4.69, 9.17) is 4.74 Å². The van der Waals surface area contributed by atoms with Gasteiger partial charge in [0, 0.05) is 18.7 Å². The average Bonchev–Trinajstić information content (AvgIpc) is 3.49. The molecule has 1 fully saturated rings. The van der Waals surface area contributed by atoms with Gasteiger partial charge in [-0.25, -0.2) is 8.42 Å². The number of sulfonamides is 1. The molecule has 8 nitrogen and oxygen atoms in total. The molecular weight excluding hydrogens is 538 g/mol. The summed E-state index contributed by atoms with van der Waals surface area (Å²) in [5.74, 6) is -0.221. The fraction of sp³-hybridized carbons (Fsp3) is 0.375. The topological polar surface area (TPSA) is 96.0 Å². The highest BCUT2D eigenvalue weighted by Crippen LogP contribution is 2.28. The fourth-order valence-corrected chi connectivity index (χ4v) is 6.60. The first-order chi connectivity index (χ1) is 19.7. The maximum absolute atomic E-state index is 14.2. The minimum atomic E-state index is -4.14. The van der Waals surface area contributed by atoms with Crippen molar-refractivity contribution in [1.82, 2.24) is 10.2 Å². The second-order valence-electron chi connectivity index (χ2n) is 10.4. The molecule has 0 radical (unpaired) electrons. The van der Waals surface area contributed by atoms with Gasteiger partial charge in [0.15, 0.2) is 0 Å². The first kappa shape index (κ1) is 30.1. The molecule has 1 aliphatic rings. The van der Waals surface area contributed by atoms with Crippen LogP contribution in [0.4, 0.5) is 5.69 Å². The molecule has 0 spiro atoms. The van der Waals surface area contributed by atoms with Crippen LogP contribution in [-0.2, 0) is 26.2 Å². The van der Waals surface area contributed by atoms with Crippen LogP contribution in [-0.4, -0.2) is 50.9 Å². The Hall–Kier alpha value is -3.85. The van der Waals surface area contributed by atoms with Gasteiger partial charge < -0.3 is 15.0 Å². The van der Waals surface area contributed by atoms with E-state index in [1.807, 2.05) is 44.2 Å². The number of carbonyl (C=O) groups is 2. The predicted octanol–water partition coefficient (Wildman–Crippen LogP) is 5.07. The van der Waals surface area contributed by atoms with E-state index in [1.165, 1.54) is 24.1 Å². The van der Waals surface area contributed by atoms with Crippen LogP contribution in [0.1, 0.15) is 50.2 Å². The lowest BCUT2D eigenvalue weighted by molar-refractivity contribution is -0.140. The number of aryl methyl sites for hydroxylation is 1. The lowest BCUT2D eigenvalue weighted by atomic mass is 10.1. The van der Waals surface area contributed by atoms with E-state index < -0.39 is 28.5 Å². The third-order valence-corrected chi connectivity index (χ3v) is 9.30. The minimum absolute atomic E-state index is 0.0688. The summed E-state index contributed by atoms with van der Waals surface area (Å²) in [6.07, 6.45) is 4.38. The highest BCUT2D eigenvalue weighted by atomic mass is 32.2. The summed E-state index contributed by atoms with van der Waals surface area (Å²) in [5.41, 5.74) is 2.06. The van der Waals surface area contributed by atoms with Gasteiger partial charge in [0.2, 0.25) is 11.8 Å². The van der Waals surface area contributed by atoms with Crippen LogP contribution in [0.5, 0.6) is 5.75 Å². The molecule has 1 N–H and O–H groups in total. The molecule has 1 saturated carbocycles. The number of carbonyl (C=O) groups excluding carboxylic acids is 2. The van der Waals surface area contributed by atoms with Crippen LogP contribution in [0.25, 0.3) is 0 Å². The molecule has 0 unspecified atom stereocenters. The molecule has 41 heavy (non-hydrogen) atoms. The van der Waals surface area contributed by atoms with Gasteiger partial charge in [-0.3, -0.25) is 13.9 Å². The van der Waals surface area contributed by atoms with E-state index in [2.05, 4.69) is 5.32 Å². The molecule has 2 amide bonds. The van der Waals surface area contributed by atoms with Gasteiger partial charge in [0.25, 0.3) is 10.0 Å². The van der Waals surface area contributed by atoms with E-state index >= 15 is 0 Å². The SMILES string of the molecule is CC[C@@H](C(=O)NC1CCCC1)N(Cc1ccccc1)C(=O)CN(c1cccc(OC)c1)S(=O)(=O)c1ccc(C)cc1. The Kier molecular flexibility index (Phi) is 10.0. The van der Waals surface area contributed by atoms with E-state index in [1.54, 1.807) is 36.4 Å². The van der Waals surface area contributed by atoms with Crippen LogP contribution in [0, 0.1) is 6.92 Å². The first-order valence-electron chi connectivity index (χ1n) is 14.1. The maximum Gasteiger partial charge on any atom is 0.264 e. The zero-order valence-corrected chi connectivity index (χ0v) is 24.8. The smallest absolute Gasteiger partial charge is 0.264 e. The summed E-state index contributed by atoms with van der Waals surface area (Å²) in [5, 5.41) is 3.13. The number of anilines is 1. The Morgan fingerprint density at radius 2 is 1.66 bits per heavy atom. The maximum atomic E-state index is 14.2. The normalized spacial score (nSPS) is 14.3. The van der Waals surface area contributed by atoms with Crippen LogP contribution >= 0.6 is 0 Å². The van der Waals surface area contributed by atoms with Crippen molar-refractivity contribution in [3.8, 4) is 5.75 Å². The van der Waals surface area contributed by atoms with Gasteiger partial charge in [0.1, 0.15) is 18.3 Å². The number of hydrogen-bond donors (Lipinski definition) is 1. The Morgan fingerprint density at radius 3 is 2.29 bits per heavy atom. The molecular formula is C32H39N3O5S. The first-order valence-corrected chi connectivity index (χ1v) is 15.5. The van der Waals surface area contributed by atoms with Crippen LogP contribution in [0.2, 0.25) is 0 Å². The molecule has 3 aromatic rings. The molecule has 1 aliphatic carbocycles. The molecule has 218 valence electrons. The standard InChI is InChI=1S/C32H39N3O5S/c1-4-30(32(37)33-26-13-8-9-14-26)34(22-25-11-6-5-7-12-25)31(36)23-35(27-15-10-16-28(21-27)40-3)41(38,39)29-19-17-24(2)18-20-29/h5-7,10-12,15-21,26,30H,4,8-9,13-14,22-23H2,1-3H3,(H,33,37)/t30-/m0/s1. The second-order valence-corrected chi connectivity index (χ2v) is 12.3. The molecule has 0 bridgehead atoms. The number of rotatable bonds is 12. The van der Waals surface area contributed by atoms with Crippen molar-refractivity contribution in [2.45, 2.75) is 69.5 Å². The van der Waals surface area contributed by atoms with Crippen LogP contribution < -0.4 is 14.4 Å². The quantitative estimate of drug-likeness (QED) is 0.325. The van der Waals surface area contributed by atoms with Gasteiger partial charge in [-0.15, -0.1) is 0 Å². The fourth-order valence-electron chi connectivity index (χ4n) is 5.20. The lowest BCUT2D eigenvalue weighted by Crippen LogP contribution is -2.53. The molecule has 9 heteroatoms. The van der Waals surface area contributed by atoms with E-state index in [9.17, 15) is 18.0 Å². The zero-order chi connectivity index (χ0) is 29.4. The number of hydrogen-bond acceptors (Lipinski definition) is 5. The predicted molar refractivity (Wildman–Crippen MR) is 160 cm³/mol. The van der Waals surface area contributed by atoms with E-state index in [-0.39, 0.29) is 23.4 Å². The minimum Gasteiger partial charge on any atom is -0.497 e. The largest absolute Gasteiger partial charge is 0.497 e. The summed E-state index contributed by atoms with van der Waals surface area (Å²) in [6, 6.07) is 21.9. The third-order valence-electron chi connectivity index (χ3n) is 7.51. The van der Waals surface area contributed by atoms with E-state index in [0.29, 0.717) is 17.9 Å². The number of amides is 2. The van der Waals surface area contributed by atoms with Crippen molar-refractivity contribution in [1.29, 1.82) is 0 Å². The Balaban J connectivity index is 1.71. The van der Waals surface area contributed by atoms with Crippen molar-refractivity contribution in [2.24, 2.45) is 0 Å². The number of nitrogens with zero attached hydrogens (tertiary/aromatic N) is 2. The number of ether oxygens (including phenoxy) is 1. The summed E-state index contributed by atoms with van der Waals surface area (Å²) >= 11 is 0. The van der Waals surface area contributed by atoms with Crippen LogP contribution in [0.15, 0.2) is 83.8 Å². The van der Waals surface area contributed by atoms with Crippen molar-refractivity contribution >= 4 is 27.5 Å². The summed E-state index contributed by atoms with van der Waals surface area (Å²) in [7, 11) is -2.64. The number of benzene rings is 3. The second kappa shape index (κ2) is 13.7. The van der Waals surface area contributed by atoms with Crippen molar-refractivity contribution in [3.63, 3.8) is 0 Å². The number of methoxy groups -OCH3 is 1. The van der Waals surface area contributed by atoms with Crippen molar-refractivity contribution in [2.75, 3.05) is 18.0 Å². The summed E-state index contributed by atoms with van der Waals surface area (Å²) in [6.45, 7) is 3.44. The lowest BCUT2D eigenvalue weighted by Gasteiger charge is -2.33. The summed E-state index contributed by atoms with van der Waals surface area (Å²) in [4.78, 5) is 29.3. The van der Waals surface area contributed by atoms with E-state index in [0.717, 1.165) is 41.1 Å². The van der Waals surface area contributed by atoms with Crippen molar-refractivity contribution in [3.05, 3.63) is 90.0 Å². The number of nitrogens with one attached hydrogen (secondary N) is 1. The monoisotopic (exact) mass is 577 g/mol. The molecule has 0 aromatic heterocycles. The Labute approximate surface area is 243 Å². The summed E-state index contributed by atoms with van der Waals surface area (Å²) < 4.78 is 34.4. The molecule has 0 saturated heterocycles. The Bertz CT molecular complexity index is 1420. The molecule has 3 aromatic carbocycles. The molecule has 1 atom stereocenters. The third kappa shape index (κ3) is 7.47. The zero-order valence-electron chi connectivity index (χ0n) is 24.0. The average molecular weight is 578 g/mol. The highest BCUT2D eigenvalue weighted by Gasteiger charge is 2.34. The Morgan fingerprint density at radius 1 is 0.976 bits per heavy atom. The van der Waals surface area contributed by atoms with Crippen LogP contribution in [0.3, 0.4) is 0 Å².